The largest absolute Gasteiger partial charge is 0.453 e. The zero-order chi connectivity index (χ0) is 17.4. The molecule has 0 saturated carbocycles. The van der Waals surface area contributed by atoms with E-state index >= 15 is 0 Å². The summed E-state index contributed by atoms with van der Waals surface area (Å²) in [5.41, 5.74) is 0.813. The summed E-state index contributed by atoms with van der Waals surface area (Å²) in [5.74, 6) is -0.150. The van der Waals surface area contributed by atoms with Crippen LogP contribution in [-0.2, 0) is 9.53 Å². The van der Waals surface area contributed by atoms with Crippen molar-refractivity contribution in [2.24, 2.45) is 0 Å². The Hall–Kier alpha value is -2.05. The monoisotopic (exact) mass is 351 g/mol. The molecule has 24 heavy (non-hydrogen) atoms. The molecule has 6 nitrogen and oxygen atoms in total. The van der Waals surface area contributed by atoms with E-state index in [2.05, 4.69) is 10.2 Å². The van der Waals surface area contributed by atoms with Gasteiger partial charge in [-0.15, -0.1) is 0 Å². The lowest BCUT2D eigenvalue weighted by atomic mass is 10.2. The highest BCUT2D eigenvalue weighted by molar-refractivity contribution is 6.32. The number of carbonyl (C=O) groups is 2. The predicted octanol–water partition coefficient (Wildman–Crippen LogP) is 1.85. The van der Waals surface area contributed by atoms with Crippen LogP contribution in [0.2, 0.25) is 5.02 Å². The second-order valence-corrected chi connectivity index (χ2v) is 5.85. The Morgan fingerprint density at radius 1 is 1.25 bits per heavy atom. The van der Waals surface area contributed by atoms with E-state index in [1.54, 1.807) is 17.0 Å². The molecule has 0 unspecified atom stereocenters. The first-order chi connectivity index (χ1) is 11.6. The molecule has 0 bridgehead atoms. The number of nitrogens with zero attached hydrogens (tertiary/aromatic N) is 2. The first-order valence-corrected chi connectivity index (χ1v) is 8.23. The summed E-state index contributed by atoms with van der Waals surface area (Å²) < 4.78 is 4.70. The Balaban J connectivity index is 1.67. The number of nitrogens with one attached hydrogen (secondary N) is 1. The van der Waals surface area contributed by atoms with Gasteiger partial charge < -0.3 is 15.0 Å². The van der Waals surface area contributed by atoms with Gasteiger partial charge in [-0.3, -0.25) is 9.69 Å². The van der Waals surface area contributed by atoms with Gasteiger partial charge in [-0.2, -0.15) is 0 Å². The van der Waals surface area contributed by atoms with Crippen LogP contribution in [0.5, 0.6) is 0 Å². The topological polar surface area (TPSA) is 61.9 Å². The summed E-state index contributed by atoms with van der Waals surface area (Å²) in [6.45, 7) is 4.16. The van der Waals surface area contributed by atoms with Crippen LogP contribution in [0.15, 0.2) is 30.3 Å². The standard InChI is InChI=1S/C17H22ClN3O3/c1-24-17(23)21-12-10-20(11-13-21)9-8-19-16(22)7-6-14-4-2-3-5-15(14)18/h2-7H,8-13H2,1H3,(H,19,22)/b7-6+. The molecule has 1 saturated heterocycles. The molecule has 1 aliphatic rings. The van der Waals surface area contributed by atoms with Gasteiger partial charge in [-0.1, -0.05) is 29.8 Å². The van der Waals surface area contributed by atoms with Crippen molar-refractivity contribution in [1.82, 2.24) is 15.1 Å². The summed E-state index contributed by atoms with van der Waals surface area (Å²) in [4.78, 5) is 27.1. The van der Waals surface area contributed by atoms with Crippen molar-refractivity contribution < 1.29 is 14.3 Å². The summed E-state index contributed by atoms with van der Waals surface area (Å²) in [5, 5.41) is 3.46. The van der Waals surface area contributed by atoms with E-state index in [1.165, 1.54) is 13.2 Å². The number of halogens is 1. The number of piperazine rings is 1. The predicted molar refractivity (Wildman–Crippen MR) is 93.9 cm³/mol. The molecule has 0 spiro atoms. The van der Waals surface area contributed by atoms with Crippen molar-refractivity contribution in [3.8, 4) is 0 Å². The minimum Gasteiger partial charge on any atom is -0.453 e. The molecule has 0 atom stereocenters. The van der Waals surface area contributed by atoms with E-state index in [1.807, 2.05) is 18.2 Å². The molecular formula is C17H22ClN3O3. The van der Waals surface area contributed by atoms with Crippen molar-refractivity contribution in [2.45, 2.75) is 0 Å². The SMILES string of the molecule is COC(=O)N1CCN(CCNC(=O)/C=C/c2ccccc2Cl)CC1. The molecule has 1 fully saturated rings. The Morgan fingerprint density at radius 3 is 2.62 bits per heavy atom. The Kier molecular flexibility index (Phi) is 7.08. The van der Waals surface area contributed by atoms with Gasteiger partial charge in [0.25, 0.3) is 0 Å². The zero-order valence-corrected chi connectivity index (χ0v) is 14.5. The lowest BCUT2D eigenvalue weighted by Crippen LogP contribution is -2.50. The number of amides is 2. The maximum absolute atomic E-state index is 11.8. The molecule has 1 heterocycles. The van der Waals surface area contributed by atoms with Crippen LogP contribution < -0.4 is 5.32 Å². The fraction of sp³-hybridized carbons (Fsp3) is 0.412. The van der Waals surface area contributed by atoms with E-state index in [0.717, 1.165) is 25.2 Å². The first-order valence-electron chi connectivity index (χ1n) is 7.86. The molecule has 0 aromatic heterocycles. The molecule has 2 amide bonds. The van der Waals surface area contributed by atoms with E-state index in [0.29, 0.717) is 24.7 Å². The molecule has 0 radical (unpaired) electrons. The summed E-state index contributed by atoms with van der Waals surface area (Å²) in [7, 11) is 1.39. The fourth-order valence-electron chi connectivity index (χ4n) is 2.46. The van der Waals surface area contributed by atoms with E-state index in [-0.39, 0.29) is 12.0 Å². The Bertz CT molecular complexity index is 598. The van der Waals surface area contributed by atoms with E-state index < -0.39 is 0 Å². The van der Waals surface area contributed by atoms with Crippen LogP contribution in [-0.4, -0.2) is 68.2 Å². The van der Waals surface area contributed by atoms with E-state index in [4.69, 9.17) is 16.3 Å². The van der Waals surface area contributed by atoms with Crippen molar-refractivity contribution in [3.63, 3.8) is 0 Å². The minimum atomic E-state index is -0.285. The molecule has 1 N–H and O–H groups in total. The smallest absolute Gasteiger partial charge is 0.409 e. The average molecular weight is 352 g/mol. The average Bonchev–Trinajstić information content (AvgIpc) is 2.61. The summed E-state index contributed by atoms with van der Waals surface area (Å²) in [6, 6.07) is 7.36. The lowest BCUT2D eigenvalue weighted by molar-refractivity contribution is -0.116. The highest BCUT2D eigenvalue weighted by Crippen LogP contribution is 2.15. The third kappa shape index (κ3) is 5.54. The van der Waals surface area contributed by atoms with Crippen LogP contribution >= 0.6 is 11.6 Å². The molecule has 1 aromatic rings. The van der Waals surface area contributed by atoms with Crippen LogP contribution in [0.4, 0.5) is 4.79 Å². The third-order valence-electron chi connectivity index (χ3n) is 3.85. The van der Waals surface area contributed by atoms with Crippen molar-refractivity contribution in [3.05, 3.63) is 40.9 Å². The second kappa shape index (κ2) is 9.30. The molecule has 0 aliphatic carbocycles. The number of ether oxygens (including phenoxy) is 1. The van der Waals surface area contributed by atoms with Gasteiger partial charge in [0.15, 0.2) is 0 Å². The van der Waals surface area contributed by atoms with Gasteiger partial charge in [0.2, 0.25) is 5.91 Å². The summed E-state index contributed by atoms with van der Waals surface area (Å²) in [6.07, 6.45) is 2.90. The van der Waals surface area contributed by atoms with Crippen molar-refractivity contribution in [2.75, 3.05) is 46.4 Å². The molecule has 130 valence electrons. The number of benzene rings is 1. The van der Waals surface area contributed by atoms with Gasteiger partial charge in [0.1, 0.15) is 0 Å². The van der Waals surface area contributed by atoms with Gasteiger partial charge in [0, 0.05) is 50.4 Å². The van der Waals surface area contributed by atoms with Gasteiger partial charge in [-0.05, 0) is 17.7 Å². The van der Waals surface area contributed by atoms with E-state index in [9.17, 15) is 9.59 Å². The van der Waals surface area contributed by atoms with Gasteiger partial charge in [0.05, 0.1) is 7.11 Å². The number of hydrogen-bond acceptors (Lipinski definition) is 4. The van der Waals surface area contributed by atoms with Crippen molar-refractivity contribution >= 4 is 29.7 Å². The summed E-state index contributed by atoms with van der Waals surface area (Å²) >= 11 is 6.03. The maximum Gasteiger partial charge on any atom is 0.409 e. The van der Waals surface area contributed by atoms with Crippen LogP contribution in [0.25, 0.3) is 6.08 Å². The fourth-order valence-corrected chi connectivity index (χ4v) is 2.65. The second-order valence-electron chi connectivity index (χ2n) is 5.44. The highest BCUT2D eigenvalue weighted by Gasteiger charge is 2.20. The number of carbonyl (C=O) groups excluding carboxylic acids is 2. The number of hydrogen-bond donors (Lipinski definition) is 1. The highest BCUT2D eigenvalue weighted by atomic mass is 35.5. The number of rotatable bonds is 5. The lowest BCUT2D eigenvalue weighted by Gasteiger charge is -2.33. The normalized spacial score (nSPS) is 15.5. The zero-order valence-electron chi connectivity index (χ0n) is 13.7. The van der Waals surface area contributed by atoms with Crippen molar-refractivity contribution in [1.29, 1.82) is 0 Å². The van der Waals surface area contributed by atoms with Crippen LogP contribution in [0.3, 0.4) is 0 Å². The van der Waals surface area contributed by atoms with Crippen LogP contribution in [0.1, 0.15) is 5.56 Å². The quantitative estimate of drug-likeness (QED) is 0.822. The Morgan fingerprint density at radius 2 is 1.96 bits per heavy atom. The molecule has 2 rings (SSSR count). The number of methoxy groups -OCH3 is 1. The molecule has 1 aromatic carbocycles. The Labute approximate surface area is 147 Å². The van der Waals surface area contributed by atoms with Crippen LogP contribution in [0, 0.1) is 0 Å². The maximum atomic E-state index is 11.8. The molecular weight excluding hydrogens is 330 g/mol. The molecule has 7 heteroatoms. The minimum absolute atomic E-state index is 0.150. The third-order valence-corrected chi connectivity index (χ3v) is 4.20. The van der Waals surface area contributed by atoms with Gasteiger partial charge in [-0.25, -0.2) is 4.79 Å². The first kappa shape index (κ1) is 18.3. The molecule has 1 aliphatic heterocycles. The van der Waals surface area contributed by atoms with Gasteiger partial charge >= 0.3 is 6.09 Å².